The first kappa shape index (κ1) is 17.6. The number of aryl methyl sites for hydroxylation is 1. The lowest BCUT2D eigenvalue weighted by atomic mass is 10.1. The number of hydrogen-bond donors (Lipinski definition) is 1. The van der Waals surface area contributed by atoms with Crippen LogP contribution in [-0.2, 0) is 18.8 Å². The van der Waals surface area contributed by atoms with E-state index in [0.29, 0.717) is 5.56 Å². The molecule has 0 atom stereocenters. The van der Waals surface area contributed by atoms with E-state index in [2.05, 4.69) is 5.32 Å². The summed E-state index contributed by atoms with van der Waals surface area (Å²) >= 11 is 0. The minimum absolute atomic E-state index is 0.0512. The van der Waals surface area contributed by atoms with Gasteiger partial charge in [-0.25, -0.2) is 9.18 Å². The fourth-order valence-electron chi connectivity index (χ4n) is 2.29. The molecule has 0 aliphatic rings. The van der Waals surface area contributed by atoms with Gasteiger partial charge in [0.2, 0.25) is 0 Å². The highest BCUT2D eigenvalue weighted by atomic mass is 19.1. The zero-order chi connectivity index (χ0) is 18.0. The third kappa shape index (κ3) is 3.13. The molecule has 2 rings (SSSR count). The van der Waals surface area contributed by atoms with Crippen molar-refractivity contribution in [2.45, 2.75) is 6.92 Å². The van der Waals surface area contributed by atoms with Gasteiger partial charge in [0.25, 0.3) is 5.56 Å². The normalized spacial score (nSPS) is 10.7. The molecule has 0 amide bonds. The van der Waals surface area contributed by atoms with Crippen molar-refractivity contribution in [2.24, 2.45) is 14.1 Å². The second-order valence-electron chi connectivity index (χ2n) is 5.39. The first-order valence-corrected chi connectivity index (χ1v) is 7.13. The van der Waals surface area contributed by atoms with Gasteiger partial charge in [-0.05, 0) is 24.6 Å². The number of nitrogens with zero attached hydrogens (tertiary/aromatic N) is 2. The van der Waals surface area contributed by atoms with Gasteiger partial charge in [-0.2, -0.15) is 0 Å². The van der Waals surface area contributed by atoms with Crippen LogP contribution in [0.4, 0.5) is 15.9 Å². The highest BCUT2D eigenvalue weighted by molar-refractivity contribution is 6.01. The molecule has 0 aliphatic carbocycles. The zero-order valence-electron chi connectivity index (χ0n) is 13.8. The number of ketones is 1. The van der Waals surface area contributed by atoms with Gasteiger partial charge in [-0.15, -0.1) is 0 Å². The summed E-state index contributed by atoms with van der Waals surface area (Å²) in [5, 5.41) is 2.68. The molecule has 0 saturated heterocycles. The Labute approximate surface area is 137 Å². The minimum atomic E-state index is -0.768. The van der Waals surface area contributed by atoms with Crippen molar-refractivity contribution >= 4 is 17.3 Å². The average molecular weight is 335 g/mol. The number of anilines is 2. The summed E-state index contributed by atoms with van der Waals surface area (Å²) in [6.45, 7) is 1.40. The van der Waals surface area contributed by atoms with Crippen molar-refractivity contribution in [3.63, 3.8) is 0 Å². The number of rotatable bonds is 5. The van der Waals surface area contributed by atoms with Gasteiger partial charge < -0.3 is 10.1 Å². The van der Waals surface area contributed by atoms with E-state index in [0.717, 1.165) is 9.13 Å². The van der Waals surface area contributed by atoms with Crippen molar-refractivity contribution in [3.8, 4) is 0 Å². The lowest BCUT2D eigenvalue weighted by Gasteiger charge is -2.16. The van der Waals surface area contributed by atoms with Gasteiger partial charge in [0, 0.05) is 21.2 Å². The van der Waals surface area contributed by atoms with Crippen molar-refractivity contribution in [1.29, 1.82) is 0 Å². The number of ether oxygens (including phenoxy) is 1. The quantitative estimate of drug-likeness (QED) is 0.828. The summed E-state index contributed by atoms with van der Waals surface area (Å²) in [5.41, 5.74) is -0.900. The molecule has 0 aliphatic heterocycles. The van der Waals surface area contributed by atoms with Crippen molar-refractivity contribution in [3.05, 3.63) is 56.0 Å². The Hall–Kier alpha value is -2.74. The van der Waals surface area contributed by atoms with Gasteiger partial charge in [0.1, 0.15) is 23.8 Å². The van der Waals surface area contributed by atoms with Crippen LogP contribution in [0, 0.1) is 12.7 Å². The average Bonchev–Trinajstić information content (AvgIpc) is 2.53. The van der Waals surface area contributed by atoms with E-state index < -0.39 is 22.8 Å². The first-order chi connectivity index (χ1) is 11.3. The molecule has 2 aromatic rings. The van der Waals surface area contributed by atoms with E-state index in [4.69, 9.17) is 4.74 Å². The third-order valence-corrected chi connectivity index (χ3v) is 3.60. The predicted molar refractivity (Wildman–Crippen MR) is 87.6 cm³/mol. The Morgan fingerprint density at radius 1 is 1.25 bits per heavy atom. The maximum atomic E-state index is 14.1. The lowest BCUT2D eigenvalue weighted by molar-refractivity contribution is 0.0846. The molecule has 0 fully saturated rings. The summed E-state index contributed by atoms with van der Waals surface area (Å²) in [5.74, 6) is -1.25. The van der Waals surface area contributed by atoms with Crippen LogP contribution in [-0.4, -0.2) is 28.6 Å². The standard InChI is InChI=1S/C16H18FN3O4/c1-9-5-6-11(10(17)7-9)18-14-13(12(21)8-24-4)15(22)20(3)16(23)19(14)2/h5-7,18H,8H2,1-4H3. The molecule has 0 unspecified atom stereocenters. The number of hydrogen-bond acceptors (Lipinski definition) is 5. The van der Waals surface area contributed by atoms with Crippen LogP contribution in [0.3, 0.4) is 0 Å². The Balaban J connectivity index is 2.69. The monoisotopic (exact) mass is 335 g/mol. The maximum absolute atomic E-state index is 14.1. The molecule has 1 N–H and O–H groups in total. The minimum Gasteiger partial charge on any atom is -0.377 e. The smallest absolute Gasteiger partial charge is 0.332 e. The van der Waals surface area contributed by atoms with Crippen molar-refractivity contribution in [1.82, 2.24) is 9.13 Å². The predicted octanol–water partition coefficient (Wildman–Crippen LogP) is 1.10. The van der Waals surface area contributed by atoms with Crippen LogP contribution in [0.5, 0.6) is 0 Å². The highest BCUT2D eigenvalue weighted by Crippen LogP contribution is 2.21. The SMILES string of the molecule is COCC(=O)c1c(Nc2ccc(C)cc2F)n(C)c(=O)n(C)c1=O. The fourth-order valence-corrected chi connectivity index (χ4v) is 2.29. The zero-order valence-corrected chi connectivity index (χ0v) is 13.8. The molecule has 128 valence electrons. The van der Waals surface area contributed by atoms with Crippen molar-refractivity contribution in [2.75, 3.05) is 19.0 Å². The van der Waals surface area contributed by atoms with E-state index in [-0.39, 0.29) is 23.7 Å². The van der Waals surface area contributed by atoms with Gasteiger partial charge in [-0.1, -0.05) is 6.07 Å². The fraction of sp³-hybridized carbons (Fsp3) is 0.312. The summed E-state index contributed by atoms with van der Waals surface area (Å²) in [6.07, 6.45) is 0. The van der Waals surface area contributed by atoms with Gasteiger partial charge >= 0.3 is 5.69 Å². The number of carbonyl (C=O) groups is 1. The van der Waals surface area contributed by atoms with Crippen molar-refractivity contribution < 1.29 is 13.9 Å². The molecule has 1 aromatic heterocycles. The van der Waals surface area contributed by atoms with Crippen LogP contribution in [0.25, 0.3) is 0 Å². The second kappa shape index (κ2) is 6.79. The molecule has 1 heterocycles. The number of benzene rings is 1. The number of halogens is 1. The molecular formula is C16H18FN3O4. The van der Waals surface area contributed by atoms with E-state index in [1.165, 1.54) is 33.3 Å². The summed E-state index contributed by atoms with van der Waals surface area (Å²) < 4.78 is 20.8. The van der Waals surface area contributed by atoms with Crippen LogP contribution >= 0.6 is 0 Å². The number of nitrogens with one attached hydrogen (secondary N) is 1. The number of methoxy groups -OCH3 is 1. The first-order valence-electron chi connectivity index (χ1n) is 7.13. The van der Waals surface area contributed by atoms with E-state index in [1.807, 2.05) is 0 Å². The maximum Gasteiger partial charge on any atom is 0.332 e. The molecule has 0 saturated carbocycles. The Bertz CT molecular complexity index is 915. The second-order valence-corrected chi connectivity index (χ2v) is 5.39. The van der Waals surface area contributed by atoms with Gasteiger partial charge in [0.15, 0.2) is 5.78 Å². The van der Waals surface area contributed by atoms with Crippen LogP contribution in [0.15, 0.2) is 27.8 Å². The number of Topliss-reactive ketones (excluding diaryl/α,β-unsaturated/α-hetero) is 1. The van der Waals surface area contributed by atoms with Crippen LogP contribution in [0.1, 0.15) is 15.9 Å². The van der Waals surface area contributed by atoms with E-state index >= 15 is 0 Å². The molecule has 0 radical (unpaired) electrons. The van der Waals surface area contributed by atoms with Gasteiger partial charge in [0.05, 0.1) is 5.69 Å². The molecule has 0 bridgehead atoms. The Kier molecular flexibility index (Phi) is 4.99. The summed E-state index contributed by atoms with van der Waals surface area (Å²) in [4.78, 5) is 36.7. The van der Waals surface area contributed by atoms with Gasteiger partial charge in [-0.3, -0.25) is 18.7 Å². The number of aromatic nitrogens is 2. The lowest BCUT2D eigenvalue weighted by Crippen LogP contribution is -2.41. The molecule has 7 nitrogen and oxygen atoms in total. The number of carbonyl (C=O) groups excluding carboxylic acids is 1. The van der Waals surface area contributed by atoms with Crippen LogP contribution < -0.4 is 16.6 Å². The molecule has 1 aromatic carbocycles. The molecule has 8 heteroatoms. The molecule has 24 heavy (non-hydrogen) atoms. The Morgan fingerprint density at radius 2 is 1.92 bits per heavy atom. The summed E-state index contributed by atoms with van der Waals surface area (Å²) in [7, 11) is 3.97. The Morgan fingerprint density at radius 3 is 2.50 bits per heavy atom. The molecular weight excluding hydrogens is 317 g/mol. The third-order valence-electron chi connectivity index (χ3n) is 3.60. The van der Waals surface area contributed by atoms with Crippen LogP contribution in [0.2, 0.25) is 0 Å². The topological polar surface area (TPSA) is 82.3 Å². The van der Waals surface area contributed by atoms with E-state index in [9.17, 15) is 18.8 Å². The molecule has 0 spiro atoms. The summed E-state index contributed by atoms with van der Waals surface area (Å²) in [6, 6.07) is 4.44. The largest absolute Gasteiger partial charge is 0.377 e. The van der Waals surface area contributed by atoms with E-state index in [1.54, 1.807) is 13.0 Å². The highest BCUT2D eigenvalue weighted by Gasteiger charge is 2.22.